The van der Waals surface area contributed by atoms with Gasteiger partial charge in [-0.2, -0.15) is 0 Å². The molecular formula is C23H18BrFN4O2. The third kappa shape index (κ3) is 4.34. The van der Waals surface area contributed by atoms with E-state index in [0.717, 1.165) is 11.1 Å². The summed E-state index contributed by atoms with van der Waals surface area (Å²) in [6.07, 6.45) is -1.19. The standard InChI is InChI=1S/C23H18BrFN4O2/c1-29-19-10-6-5-9-16(19)20(14-7-3-2-4-8-14)27-21(22(29)30)28-23(31)26-18-12-11-15(24)13-17(18)25/h2-13,21H,1H3,(H2,26,28,31)/t21-/m1/s1. The van der Waals surface area contributed by atoms with Gasteiger partial charge in [-0.15, -0.1) is 0 Å². The Kier molecular flexibility index (Phi) is 5.81. The van der Waals surface area contributed by atoms with Crippen molar-refractivity contribution in [1.82, 2.24) is 5.32 Å². The number of likely N-dealkylation sites (N-methyl/N-ethyl adjacent to an activating group) is 1. The molecule has 0 saturated heterocycles. The van der Waals surface area contributed by atoms with Crippen LogP contribution in [0.5, 0.6) is 0 Å². The van der Waals surface area contributed by atoms with Gasteiger partial charge in [-0.25, -0.2) is 14.2 Å². The van der Waals surface area contributed by atoms with Crippen molar-refractivity contribution >= 4 is 45.0 Å². The second-order valence-electron chi connectivity index (χ2n) is 6.88. The number of fused-ring (bicyclic) bond motifs is 1. The molecule has 6 nitrogen and oxygen atoms in total. The molecule has 0 bridgehead atoms. The predicted molar refractivity (Wildman–Crippen MR) is 122 cm³/mol. The van der Waals surface area contributed by atoms with Crippen LogP contribution in [-0.4, -0.2) is 30.9 Å². The van der Waals surface area contributed by atoms with Crippen LogP contribution in [0, 0.1) is 5.82 Å². The molecule has 0 fully saturated rings. The van der Waals surface area contributed by atoms with Crippen LogP contribution in [0.4, 0.5) is 20.6 Å². The number of nitrogens with zero attached hydrogens (tertiary/aromatic N) is 2. The lowest BCUT2D eigenvalue weighted by Gasteiger charge is -2.21. The highest BCUT2D eigenvalue weighted by atomic mass is 79.9. The zero-order valence-corrected chi connectivity index (χ0v) is 18.1. The van der Waals surface area contributed by atoms with Crippen LogP contribution in [0.2, 0.25) is 0 Å². The molecule has 4 rings (SSSR count). The van der Waals surface area contributed by atoms with Crippen molar-refractivity contribution < 1.29 is 14.0 Å². The molecule has 0 aromatic heterocycles. The molecule has 3 aromatic rings. The summed E-state index contributed by atoms with van der Waals surface area (Å²) in [5.41, 5.74) is 2.83. The first-order valence-electron chi connectivity index (χ1n) is 9.47. The molecule has 31 heavy (non-hydrogen) atoms. The van der Waals surface area contributed by atoms with Crippen molar-refractivity contribution in [3.8, 4) is 0 Å². The van der Waals surface area contributed by atoms with E-state index in [1.807, 2.05) is 54.6 Å². The summed E-state index contributed by atoms with van der Waals surface area (Å²) in [4.78, 5) is 31.7. The number of aliphatic imine (C=N–C) groups is 1. The summed E-state index contributed by atoms with van der Waals surface area (Å²) < 4.78 is 14.6. The van der Waals surface area contributed by atoms with Gasteiger partial charge in [-0.1, -0.05) is 64.5 Å². The van der Waals surface area contributed by atoms with Gasteiger partial charge in [0.25, 0.3) is 5.91 Å². The highest BCUT2D eigenvalue weighted by Crippen LogP contribution is 2.27. The number of nitrogens with one attached hydrogen (secondary N) is 2. The van der Waals surface area contributed by atoms with E-state index in [2.05, 4.69) is 31.6 Å². The number of hydrogen-bond acceptors (Lipinski definition) is 3. The Morgan fingerprint density at radius 2 is 1.77 bits per heavy atom. The van der Waals surface area contributed by atoms with Gasteiger partial charge in [-0.05, 0) is 24.3 Å². The van der Waals surface area contributed by atoms with E-state index in [-0.39, 0.29) is 5.69 Å². The molecule has 3 aromatic carbocycles. The average molecular weight is 481 g/mol. The maximum Gasteiger partial charge on any atom is 0.321 e. The second-order valence-corrected chi connectivity index (χ2v) is 7.80. The number of carbonyl (C=O) groups is 2. The minimum atomic E-state index is -1.19. The van der Waals surface area contributed by atoms with Crippen molar-refractivity contribution in [1.29, 1.82) is 0 Å². The fourth-order valence-electron chi connectivity index (χ4n) is 3.32. The monoisotopic (exact) mass is 480 g/mol. The Balaban J connectivity index is 1.68. The number of hydrogen-bond donors (Lipinski definition) is 2. The minimum absolute atomic E-state index is 0.00864. The van der Waals surface area contributed by atoms with Gasteiger partial charge >= 0.3 is 6.03 Å². The predicted octanol–water partition coefficient (Wildman–Crippen LogP) is 4.55. The highest BCUT2D eigenvalue weighted by Gasteiger charge is 2.31. The van der Waals surface area contributed by atoms with E-state index in [1.165, 1.54) is 17.0 Å². The molecule has 1 aliphatic rings. The van der Waals surface area contributed by atoms with E-state index in [1.54, 1.807) is 13.1 Å². The Morgan fingerprint density at radius 3 is 2.52 bits per heavy atom. The lowest BCUT2D eigenvalue weighted by Crippen LogP contribution is -2.47. The first kappa shape index (κ1) is 20.7. The maximum absolute atomic E-state index is 14.1. The van der Waals surface area contributed by atoms with Gasteiger partial charge in [0.15, 0.2) is 0 Å². The molecule has 3 amide bonds. The molecular weight excluding hydrogens is 463 g/mol. The molecule has 0 saturated carbocycles. The minimum Gasteiger partial charge on any atom is -0.311 e. The molecule has 0 spiro atoms. The SMILES string of the molecule is CN1C(=O)[C@@H](NC(=O)Nc2ccc(Br)cc2F)N=C(c2ccccc2)c2ccccc21. The van der Waals surface area contributed by atoms with Crippen molar-refractivity contribution in [2.75, 3.05) is 17.3 Å². The smallest absolute Gasteiger partial charge is 0.311 e. The Hall–Kier alpha value is -3.52. The summed E-state index contributed by atoms with van der Waals surface area (Å²) in [7, 11) is 1.63. The number of rotatable bonds is 3. The summed E-state index contributed by atoms with van der Waals surface area (Å²) in [6, 6.07) is 20.4. The number of benzodiazepines with no additional fused rings is 1. The van der Waals surface area contributed by atoms with Crippen LogP contribution < -0.4 is 15.5 Å². The molecule has 1 heterocycles. The number of amides is 3. The molecule has 8 heteroatoms. The van der Waals surface area contributed by atoms with Gasteiger partial charge in [0.1, 0.15) is 5.82 Å². The van der Waals surface area contributed by atoms with E-state index >= 15 is 0 Å². The number of halogens is 2. The zero-order chi connectivity index (χ0) is 22.0. The first-order valence-corrected chi connectivity index (χ1v) is 10.3. The Morgan fingerprint density at radius 1 is 1.06 bits per heavy atom. The van der Waals surface area contributed by atoms with Gasteiger partial charge in [0, 0.05) is 22.6 Å². The molecule has 0 aliphatic carbocycles. The molecule has 1 atom stereocenters. The summed E-state index contributed by atoms with van der Waals surface area (Å²) in [6.45, 7) is 0. The fourth-order valence-corrected chi connectivity index (χ4v) is 3.65. The lowest BCUT2D eigenvalue weighted by atomic mass is 10.0. The molecule has 0 radical (unpaired) electrons. The number of anilines is 2. The van der Waals surface area contributed by atoms with Crippen molar-refractivity contribution in [2.24, 2.45) is 4.99 Å². The topological polar surface area (TPSA) is 73.8 Å². The molecule has 0 unspecified atom stereocenters. The molecule has 2 N–H and O–H groups in total. The molecule has 156 valence electrons. The van der Waals surface area contributed by atoms with Crippen LogP contribution in [-0.2, 0) is 4.79 Å². The summed E-state index contributed by atoms with van der Waals surface area (Å²) >= 11 is 3.17. The van der Waals surface area contributed by atoms with Gasteiger partial charge < -0.3 is 15.5 Å². The quantitative estimate of drug-likeness (QED) is 0.576. The van der Waals surface area contributed by atoms with E-state index < -0.39 is 23.9 Å². The second kappa shape index (κ2) is 8.69. The van der Waals surface area contributed by atoms with Crippen molar-refractivity contribution in [2.45, 2.75) is 6.17 Å². The number of benzene rings is 3. The summed E-state index contributed by atoms with van der Waals surface area (Å²) in [5, 5.41) is 4.99. The van der Waals surface area contributed by atoms with Crippen LogP contribution in [0.15, 0.2) is 82.3 Å². The number of carbonyl (C=O) groups excluding carboxylic acids is 2. The van der Waals surface area contributed by atoms with Crippen LogP contribution in [0.3, 0.4) is 0 Å². The van der Waals surface area contributed by atoms with E-state index in [0.29, 0.717) is 15.9 Å². The molecule has 1 aliphatic heterocycles. The largest absolute Gasteiger partial charge is 0.321 e. The fraction of sp³-hybridized carbons (Fsp3) is 0.0870. The van der Waals surface area contributed by atoms with Crippen LogP contribution in [0.25, 0.3) is 0 Å². The first-order chi connectivity index (χ1) is 14.9. The van der Waals surface area contributed by atoms with E-state index in [4.69, 9.17) is 0 Å². The van der Waals surface area contributed by atoms with Crippen molar-refractivity contribution in [3.05, 3.63) is 94.2 Å². The van der Waals surface area contributed by atoms with Gasteiger partial charge in [0.05, 0.1) is 17.1 Å². The lowest BCUT2D eigenvalue weighted by molar-refractivity contribution is -0.119. The zero-order valence-electron chi connectivity index (χ0n) is 16.5. The third-order valence-electron chi connectivity index (χ3n) is 4.84. The maximum atomic E-state index is 14.1. The third-order valence-corrected chi connectivity index (χ3v) is 5.33. The van der Waals surface area contributed by atoms with Gasteiger partial charge in [0.2, 0.25) is 6.17 Å². The van der Waals surface area contributed by atoms with Gasteiger partial charge in [-0.3, -0.25) is 4.79 Å². The van der Waals surface area contributed by atoms with E-state index in [9.17, 15) is 14.0 Å². The highest BCUT2D eigenvalue weighted by molar-refractivity contribution is 9.10. The number of urea groups is 1. The average Bonchev–Trinajstić information content (AvgIpc) is 2.87. The number of para-hydroxylation sites is 1. The summed E-state index contributed by atoms with van der Waals surface area (Å²) in [5.74, 6) is -1.01. The Labute approximate surface area is 186 Å². The normalized spacial score (nSPS) is 15.6. The van der Waals surface area contributed by atoms with Crippen molar-refractivity contribution in [3.63, 3.8) is 0 Å². The van der Waals surface area contributed by atoms with Crippen LogP contribution in [0.1, 0.15) is 11.1 Å². The van der Waals surface area contributed by atoms with Crippen LogP contribution >= 0.6 is 15.9 Å². The Bertz CT molecular complexity index is 1180.